The first-order chi connectivity index (χ1) is 9.11. The zero-order valence-electron chi connectivity index (χ0n) is 12.7. The van der Waals surface area contributed by atoms with Crippen LogP contribution < -0.4 is 10.2 Å². The van der Waals surface area contributed by atoms with Crippen molar-refractivity contribution in [3.05, 3.63) is 29.3 Å². The number of rotatable bonds is 4. The maximum Gasteiger partial charge on any atom is 0.0429 e. The van der Waals surface area contributed by atoms with Gasteiger partial charge >= 0.3 is 0 Å². The fourth-order valence-corrected chi connectivity index (χ4v) is 3.05. The Labute approximate surface area is 117 Å². The molecular formula is C16H27N3. The lowest BCUT2D eigenvalue weighted by Crippen LogP contribution is -2.54. The van der Waals surface area contributed by atoms with Gasteiger partial charge in [-0.1, -0.05) is 25.1 Å². The average Bonchev–Trinajstić information content (AvgIpc) is 2.37. The highest BCUT2D eigenvalue weighted by Crippen LogP contribution is 2.26. The van der Waals surface area contributed by atoms with Crippen LogP contribution in [-0.4, -0.2) is 51.2 Å². The van der Waals surface area contributed by atoms with Gasteiger partial charge in [0, 0.05) is 37.9 Å². The van der Waals surface area contributed by atoms with E-state index in [0.29, 0.717) is 6.04 Å². The number of hydrogen-bond donors (Lipinski definition) is 1. The van der Waals surface area contributed by atoms with E-state index in [1.807, 2.05) is 0 Å². The number of nitrogens with one attached hydrogen (secondary N) is 1. The van der Waals surface area contributed by atoms with E-state index >= 15 is 0 Å². The Morgan fingerprint density at radius 3 is 2.84 bits per heavy atom. The van der Waals surface area contributed by atoms with Gasteiger partial charge in [0.25, 0.3) is 0 Å². The highest BCUT2D eigenvalue weighted by Gasteiger charge is 2.22. The van der Waals surface area contributed by atoms with E-state index in [1.165, 1.54) is 16.8 Å². The molecule has 1 fully saturated rings. The van der Waals surface area contributed by atoms with E-state index < -0.39 is 0 Å². The summed E-state index contributed by atoms with van der Waals surface area (Å²) in [5, 5.41) is 3.62. The minimum Gasteiger partial charge on any atom is -0.368 e. The summed E-state index contributed by atoms with van der Waals surface area (Å²) in [6, 6.07) is 7.24. The van der Waals surface area contributed by atoms with Crippen LogP contribution in [0.5, 0.6) is 0 Å². The summed E-state index contributed by atoms with van der Waals surface area (Å²) in [5.41, 5.74) is 4.35. The van der Waals surface area contributed by atoms with Crippen molar-refractivity contribution in [2.75, 3.05) is 45.2 Å². The molecule has 1 heterocycles. The van der Waals surface area contributed by atoms with Crippen molar-refractivity contribution in [1.82, 2.24) is 10.2 Å². The van der Waals surface area contributed by atoms with Crippen LogP contribution in [0.2, 0.25) is 0 Å². The molecule has 0 bridgehead atoms. The minimum atomic E-state index is 0.563. The van der Waals surface area contributed by atoms with Gasteiger partial charge in [0.1, 0.15) is 0 Å². The number of nitrogens with zero attached hydrogens (tertiary/aromatic N) is 2. The summed E-state index contributed by atoms with van der Waals surface area (Å²) in [7, 11) is 4.29. The fourth-order valence-electron chi connectivity index (χ4n) is 3.05. The third kappa shape index (κ3) is 3.48. The van der Waals surface area contributed by atoms with Gasteiger partial charge in [-0.2, -0.15) is 0 Å². The van der Waals surface area contributed by atoms with Crippen LogP contribution in [0.3, 0.4) is 0 Å². The van der Waals surface area contributed by atoms with Crippen molar-refractivity contribution in [3.63, 3.8) is 0 Å². The number of piperazine rings is 1. The van der Waals surface area contributed by atoms with E-state index in [4.69, 9.17) is 0 Å². The van der Waals surface area contributed by atoms with Gasteiger partial charge < -0.3 is 15.1 Å². The molecule has 1 aliphatic rings. The second kappa shape index (κ2) is 6.40. The number of hydrogen-bond acceptors (Lipinski definition) is 3. The van der Waals surface area contributed by atoms with Crippen molar-refractivity contribution in [1.29, 1.82) is 0 Å². The molecule has 1 aliphatic heterocycles. The first-order valence-corrected chi connectivity index (χ1v) is 7.33. The standard InChI is InChI=1S/C16H27N3/c1-5-14-8-6-7-13(2)16(14)19-10-9-17-15(12-19)11-18(3)4/h6-8,15,17H,5,9-12H2,1-4H3. The van der Waals surface area contributed by atoms with Crippen molar-refractivity contribution in [2.24, 2.45) is 0 Å². The topological polar surface area (TPSA) is 18.5 Å². The van der Waals surface area contributed by atoms with Crippen molar-refractivity contribution in [3.8, 4) is 0 Å². The Kier molecular flexibility index (Phi) is 4.83. The molecule has 0 amide bonds. The average molecular weight is 261 g/mol. The van der Waals surface area contributed by atoms with E-state index in [1.54, 1.807) is 0 Å². The lowest BCUT2D eigenvalue weighted by molar-refractivity contribution is 0.323. The van der Waals surface area contributed by atoms with Crippen LogP contribution in [0.4, 0.5) is 5.69 Å². The molecule has 0 aliphatic carbocycles. The van der Waals surface area contributed by atoms with Gasteiger partial charge in [0.05, 0.1) is 0 Å². The number of likely N-dealkylation sites (N-methyl/N-ethyl adjacent to an activating group) is 1. The van der Waals surface area contributed by atoms with Crippen molar-refractivity contribution in [2.45, 2.75) is 26.3 Å². The Morgan fingerprint density at radius 1 is 1.37 bits per heavy atom. The highest BCUT2D eigenvalue weighted by atomic mass is 15.2. The van der Waals surface area contributed by atoms with E-state index in [2.05, 4.69) is 61.3 Å². The predicted octanol–water partition coefficient (Wildman–Crippen LogP) is 1.90. The van der Waals surface area contributed by atoms with Gasteiger partial charge in [-0.3, -0.25) is 0 Å². The van der Waals surface area contributed by atoms with Crippen LogP contribution in [0.25, 0.3) is 0 Å². The summed E-state index contributed by atoms with van der Waals surface area (Å²) < 4.78 is 0. The molecule has 3 nitrogen and oxygen atoms in total. The molecule has 0 spiro atoms. The van der Waals surface area contributed by atoms with E-state index in [-0.39, 0.29) is 0 Å². The normalized spacial score (nSPS) is 20.1. The van der Waals surface area contributed by atoms with Crippen LogP contribution in [0.15, 0.2) is 18.2 Å². The van der Waals surface area contributed by atoms with E-state index in [9.17, 15) is 0 Å². The second-order valence-electron chi connectivity index (χ2n) is 5.80. The molecular weight excluding hydrogens is 234 g/mol. The minimum absolute atomic E-state index is 0.563. The number of anilines is 1. The van der Waals surface area contributed by atoms with Crippen LogP contribution in [0.1, 0.15) is 18.1 Å². The van der Waals surface area contributed by atoms with Crippen molar-refractivity contribution >= 4 is 5.69 Å². The summed E-state index contributed by atoms with van der Waals surface area (Å²) in [6.07, 6.45) is 1.11. The van der Waals surface area contributed by atoms with Crippen LogP contribution in [0, 0.1) is 6.92 Å². The third-order valence-electron chi connectivity index (χ3n) is 3.86. The molecule has 19 heavy (non-hydrogen) atoms. The molecule has 1 aromatic carbocycles. The second-order valence-corrected chi connectivity index (χ2v) is 5.80. The van der Waals surface area contributed by atoms with Gasteiger partial charge in [-0.05, 0) is 38.6 Å². The third-order valence-corrected chi connectivity index (χ3v) is 3.86. The molecule has 1 atom stereocenters. The largest absolute Gasteiger partial charge is 0.368 e. The Bertz CT molecular complexity index is 414. The molecule has 0 radical (unpaired) electrons. The highest BCUT2D eigenvalue weighted by molar-refractivity contribution is 5.59. The fraction of sp³-hybridized carbons (Fsp3) is 0.625. The van der Waals surface area contributed by atoms with Crippen LogP contribution in [-0.2, 0) is 6.42 Å². The van der Waals surface area contributed by atoms with Gasteiger partial charge in [0.15, 0.2) is 0 Å². The van der Waals surface area contributed by atoms with Gasteiger partial charge in [-0.15, -0.1) is 0 Å². The monoisotopic (exact) mass is 261 g/mol. The molecule has 1 saturated heterocycles. The molecule has 106 valence electrons. The molecule has 1 aromatic rings. The Balaban J connectivity index is 2.17. The maximum atomic E-state index is 3.62. The van der Waals surface area contributed by atoms with Crippen LogP contribution >= 0.6 is 0 Å². The zero-order chi connectivity index (χ0) is 13.8. The summed E-state index contributed by atoms with van der Waals surface area (Å²) in [4.78, 5) is 4.83. The number of aryl methyl sites for hydroxylation is 2. The Hall–Kier alpha value is -1.06. The molecule has 2 rings (SSSR count). The molecule has 1 unspecified atom stereocenters. The summed E-state index contributed by atoms with van der Waals surface area (Å²) in [5.74, 6) is 0. The van der Waals surface area contributed by atoms with Gasteiger partial charge in [0.2, 0.25) is 0 Å². The smallest absolute Gasteiger partial charge is 0.0429 e. The Morgan fingerprint density at radius 2 is 2.16 bits per heavy atom. The SMILES string of the molecule is CCc1cccc(C)c1N1CCNC(CN(C)C)C1. The maximum absolute atomic E-state index is 3.62. The number of benzene rings is 1. The molecule has 1 N–H and O–H groups in total. The van der Waals surface area contributed by atoms with E-state index in [0.717, 1.165) is 32.6 Å². The lowest BCUT2D eigenvalue weighted by Gasteiger charge is -2.38. The molecule has 3 heteroatoms. The zero-order valence-corrected chi connectivity index (χ0v) is 12.7. The first kappa shape index (κ1) is 14.4. The number of para-hydroxylation sites is 1. The van der Waals surface area contributed by atoms with Crippen molar-refractivity contribution < 1.29 is 0 Å². The first-order valence-electron chi connectivity index (χ1n) is 7.33. The van der Waals surface area contributed by atoms with Gasteiger partial charge in [-0.25, -0.2) is 0 Å². The predicted molar refractivity (Wildman–Crippen MR) is 83.1 cm³/mol. The molecule has 0 aromatic heterocycles. The lowest BCUT2D eigenvalue weighted by atomic mass is 10.0. The summed E-state index contributed by atoms with van der Waals surface area (Å²) in [6.45, 7) is 8.88. The summed E-state index contributed by atoms with van der Waals surface area (Å²) >= 11 is 0. The molecule has 0 saturated carbocycles. The quantitative estimate of drug-likeness (QED) is 0.893.